The number of amides is 7. The number of carboxylic acids is 1. The number of hydrogen-bond donors (Lipinski definition) is 20. The van der Waals surface area contributed by atoms with Gasteiger partial charge in [0, 0.05) is 34.7 Å². The Morgan fingerprint density at radius 3 is 1.87 bits per heavy atom. The number of Topliss-reactive ketones (excluding diaryl/α,β-unsaturated/α-hetero) is 1. The normalized spacial score (nSPS) is 29.1. The summed E-state index contributed by atoms with van der Waals surface area (Å²) >= 11 is 14.1. The number of ketones is 1. The monoisotopic (exact) mass is 1590 g/mol. The lowest BCUT2D eigenvalue weighted by Crippen LogP contribution is -2.64. The van der Waals surface area contributed by atoms with E-state index in [0.29, 0.717) is 12.2 Å². The van der Waals surface area contributed by atoms with Crippen molar-refractivity contribution in [2.24, 2.45) is 17.4 Å². The molecule has 7 amide bonds. The fraction of sp³-hybridized carbons (Fsp3) is 0.438. The predicted octanol–water partition coefficient (Wildman–Crippen LogP) is 1.26. The number of nitrogens with one attached hydrogen (secondary N) is 7. The third kappa shape index (κ3) is 18.1. The molecule has 38 heteroatoms. The highest BCUT2D eigenvalue weighted by molar-refractivity contribution is 6.32. The van der Waals surface area contributed by atoms with Gasteiger partial charge in [0.1, 0.15) is 95.2 Å². The average Bonchev–Trinajstić information content (AvgIpc) is 1.12. The van der Waals surface area contributed by atoms with Crippen LogP contribution in [-0.2, 0) is 62.1 Å². The van der Waals surface area contributed by atoms with E-state index in [9.17, 15) is 79.8 Å². The van der Waals surface area contributed by atoms with Crippen LogP contribution in [0.3, 0.4) is 0 Å². The minimum atomic E-state index is -2.35. The summed E-state index contributed by atoms with van der Waals surface area (Å²) in [5.41, 5.74) is 8.00. The zero-order valence-electron chi connectivity index (χ0n) is 60.4. The lowest BCUT2D eigenvalue weighted by atomic mass is 9.86. The third-order valence-corrected chi connectivity index (χ3v) is 19.9. The van der Waals surface area contributed by atoms with Crippen LogP contribution in [0.15, 0.2) is 90.4 Å². The minimum Gasteiger partial charge on any atom is -0.508 e. The van der Waals surface area contributed by atoms with Crippen LogP contribution in [0, 0.1) is 5.92 Å². The summed E-state index contributed by atoms with van der Waals surface area (Å²) in [6.45, 7) is 9.09. The van der Waals surface area contributed by atoms with Crippen LogP contribution in [0.1, 0.15) is 125 Å². The van der Waals surface area contributed by atoms with E-state index in [1.54, 1.807) is 6.92 Å². The largest absolute Gasteiger partial charge is 0.508 e. The second-order valence-electron chi connectivity index (χ2n) is 28.0. The highest BCUT2D eigenvalue weighted by Crippen LogP contribution is 2.50. The van der Waals surface area contributed by atoms with Crippen molar-refractivity contribution in [2.45, 2.75) is 183 Å². The Morgan fingerprint density at radius 1 is 0.721 bits per heavy atom. The number of aliphatic hydroxyl groups excluding tert-OH is 7. The van der Waals surface area contributed by atoms with Crippen molar-refractivity contribution in [1.82, 2.24) is 37.2 Å². The Balaban J connectivity index is 0.00000121. The Morgan fingerprint density at radius 2 is 1.32 bits per heavy atom. The van der Waals surface area contributed by atoms with E-state index in [-0.39, 0.29) is 57.8 Å². The number of aliphatic carboxylic acids is 1. The molecule has 0 radical (unpaired) electrons. The molecule has 36 nitrogen and oxygen atoms in total. The number of hydrogen-bond acceptors (Lipinski definition) is 28. The molecule has 0 spiro atoms. The highest BCUT2D eigenvalue weighted by Gasteiger charge is 2.52. The van der Waals surface area contributed by atoms with Gasteiger partial charge in [-0.1, -0.05) is 62.2 Å². The summed E-state index contributed by atoms with van der Waals surface area (Å²) in [5, 5.41) is 139. The number of allylic oxidation sites excluding steroid dienone is 1. The van der Waals surface area contributed by atoms with Gasteiger partial charge in [0.05, 0.1) is 41.3 Å². The van der Waals surface area contributed by atoms with Gasteiger partial charge in [0.2, 0.25) is 64.9 Å². The van der Waals surface area contributed by atoms with Gasteiger partial charge in [0.25, 0.3) is 0 Å². The maximum atomic E-state index is 16.0. The number of halogens is 2. The maximum absolute atomic E-state index is 16.0. The van der Waals surface area contributed by atoms with Crippen molar-refractivity contribution in [2.75, 3.05) is 13.7 Å². The van der Waals surface area contributed by atoms with Gasteiger partial charge in [0.15, 0.2) is 36.0 Å². The van der Waals surface area contributed by atoms with Crippen LogP contribution < -0.4 is 62.9 Å². The smallest absolute Gasteiger partial charge is 0.330 e. The zero-order chi connectivity index (χ0) is 81.3. The Hall–Kier alpha value is -10.2. The van der Waals surface area contributed by atoms with Gasteiger partial charge >= 0.3 is 5.97 Å². The van der Waals surface area contributed by atoms with E-state index in [4.69, 9.17) is 72.9 Å². The minimum absolute atomic E-state index is 0.0975. The van der Waals surface area contributed by atoms with E-state index in [2.05, 4.69) is 37.2 Å². The number of aliphatic hydroxyl groups is 7. The second kappa shape index (κ2) is 34.2. The van der Waals surface area contributed by atoms with Gasteiger partial charge in [-0.3, -0.25) is 38.4 Å². The summed E-state index contributed by atoms with van der Waals surface area (Å²) in [5.74, 6) is -16.2. The Labute approximate surface area is 642 Å². The second-order valence-corrected chi connectivity index (χ2v) is 28.8. The van der Waals surface area contributed by atoms with E-state index >= 15 is 14.4 Å². The molecular weight excluding hydrogens is 1510 g/mol. The van der Waals surface area contributed by atoms with E-state index in [0.717, 1.165) is 66.7 Å². The van der Waals surface area contributed by atoms with E-state index < -0.39 is 243 Å². The summed E-state index contributed by atoms with van der Waals surface area (Å²) in [6.07, 6.45) is -18.4. The van der Waals surface area contributed by atoms with Crippen LogP contribution in [0.25, 0.3) is 11.1 Å². The molecule has 111 heavy (non-hydrogen) atoms. The summed E-state index contributed by atoms with van der Waals surface area (Å²) in [4.78, 5) is 128. The molecule has 8 aliphatic rings. The van der Waals surface area contributed by atoms with E-state index in [1.807, 2.05) is 20.8 Å². The summed E-state index contributed by atoms with van der Waals surface area (Å²) in [6, 6.07) is -0.679. The SMILES string of the molecule is CCC1OC(C)=C(O)C1=O.CN[C@H](CC(C)C)C(=O)N[C@H]1C(=O)N[C@@H](CC(N)=O)C(=O)N[C@H]2C(=O)N[C@H]3C(=O)N[C@H](C(=O)N[C@H](C(=O)O)c4cc(O)cc(O)c4-c4cc3ccc4O)[C@H](O)c3ccc(c(Cl)c3)Oc3cc2cc(c3O[C@@H]2O[C@H](CO)[C@@H](O)[C@H](O)[C@H]2O[C@H]2C[C@](C)(N)[C@H](O)[C@H](C)O2)Oc2ccc(cc2Cl)[C@H]1O. The lowest BCUT2D eigenvalue weighted by Gasteiger charge is -2.47. The first-order chi connectivity index (χ1) is 52.3. The molecule has 0 saturated carbocycles. The Kier molecular flexibility index (Phi) is 25.7. The molecule has 8 heterocycles. The lowest BCUT2D eigenvalue weighted by molar-refractivity contribution is -0.333. The van der Waals surface area contributed by atoms with Gasteiger partial charge < -0.3 is 138 Å². The zero-order valence-corrected chi connectivity index (χ0v) is 61.9. The first kappa shape index (κ1) is 83.3. The summed E-state index contributed by atoms with van der Waals surface area (Å²) in [7, 11) is 1.47. The van der Waals surface area contributed by atoms with Crippen LogP contribution in [0.5, 0.6) is 46.0 Å². The molecule has 0 aliphatic carbocycles. The molecular formula is C73H85Cl2N9O27. The number of primary amides is 1. The van der Waals surface area contributed by atoms with Crippen molar-refractivity contribution in [3.05, 3.63) is 128 Å². The van der Waals surface area contributed by atoms with Crippen LogP contribution in [-0.4, -0.2) is 208 Å². The van der Waals surface area contributed by atoms with Crippen LogP contribution >= 0.6 is 23.2 Å². The van der Waals surface area contributed by atoms with Crippen molar-refractivity contribution >= 4 is 76.3 Å². The molecule has 2 saturated heterocycles. The van der Waals surface area contributed by atoms with Crippen molar-refractivity contribution in [3.63, 3.8) is 0 Å². The summed E-state index contributed by atoms with van der Waals surface area (Å²) < 4.78 is 43.3. The van der Waals surface area contributed by atoms with Crippen LogP contribution in [0.4, 0.5) is 0 Å². The number of phenolic OH excluding ortho intramolecular Hbond substituents is 3. The number of rotatable bonds is 14. The number of benzene rings is 5. The highest BCUT2D eigenvalue weighted by atomic mass is 35.5. The predicted molar refractivity (Wildman–Crippen MR) is 385 cm³/mol. The van der Waals surface area contributed by atoms with Crippen LogP contribution in [0.2, 0.25) is 10.0 Å². The molecule has 22 N–H and O–H groups in total. The van der Waals surface area contributed by atoms with E-state index in [1.165, 1.54) is 33.0 Å². The van der Waals surface area contributed by atoms with Gasteiger partial charge in [-0.25, -0.2) is 4.79 Å². The van der Waals surface area contributed by atoms with Crippen molar-refractivity contribution in [3.8, 4) is 57.1 Å². The Bertz CT molecular complexity index is 4490. The van der Waals surface area contributed by atoms with Crippen molar-refractivity contribution < 1.29 is 132 Å². The molecule has 598 valence electrons. The molecule has 11 bridgehead atoms. The number of carbonyl (C=O) groups is 9. The van der Waals surface area contributed by atoms with Crippen molar-refractivity contribution in [1.29, 1.82) is 0 Å². The van der Waals surface area contributed by atoms with Gasteiger partial charge in [-0.15, -0.1) is 0 Å². The topological polar surface area (TPSA) is 577 Å². The van der Waals surface area contributed by atoms with Gasteiger partial charge in [-0.2, -0.15) is 0 Å². The number of aromatic hydroxyl groups is 3. The number of ether oxygens (including phenoxy) is 7. The molecule has 8 aliphatic heterocycles. The quantitative estimate of drug-likeness (QED) is 0.0744. The number of nitrogens with two attached hydrogens (primary N) is 2. The fourth-order valence-corrected chi connectivity index (χ4v) is 13.9. The number of likely N-dealkylation sites (N-methyl/N-ethyl adjacent to an activating group) is 1. The maximum Gasteiger partial charge on any atom is 0.330 e. The average molecular weight is 1590 g/mol. The molecule has 13 rings (SSSR count). The third-order valence-electron chi connectivity index (χ3n) is 19.3. The first-order valence-corrected chi connectivity index (χ1v) is 35.6. The molecule has 19 atom stereocenters. The standard InChI is InChI=1S/C66H75Cl2N9O24.C7H10O3/c1-23(2)12-34(71-5)58(88)76-49-51(83)26-7-10-38(32(67)14-26)97-40-16-28-17-41(55(40)101-65-56(54(86)53(85)42(22-78)99-65)100-44-21-66(4,70)57(87)24(3)96-44)98-39-11-8-27(15-33(39)68)52(84)50-63(93)75-48(64(94)95)31-18-29(79)19-37(81)45(31)30-13-25(6-9-36(30)80)46(60(90)77-50)74-61(91)47(28)73-59(89)35(20-43(69)82)72-62(49)92;1-3-5-7(9)6(8)4(2)10-5/h6-11,13-19,23-24,34-35,42,44,46-54,56-57,65,71,78-81,83-87H,12,20-22,70H2,1-5H3,(H2,69,82)(H,72,92)(H,73,89)(H,74,91)(H,75,93)(H,76,88)(H,77,90)(H,94,95);5,8H,3H2,1-2H3/t24-,34+,35-,42+,44-,46+,47+,48-,49+,50-,51+,52+,53+,54-,56+,57+,65-,66-;/m0./s1. The number of carbonyl (C=O) groups excluding carboxylic acids is 8. The molecule has 5 aromatic carbocycles. The molecule has 0 aromatic heterocycles. The number of carboxylic acid groups (broad SMARTS) is 1. The fourth-order valence-electron chi connectivity index (χ4n) is 13.4. The van der Waals surface area contributed by atoms with Gasteiger partial charge in [-0.05, 0) is 123 Å². The molecule has 2 fully saturated rings. The first-order valence-electron chi connectivity index (χ1n) is 34.9. The molecule has 5 aromatic rings. The number of phenols is 3. The number of fused-ring (bicyclic) bond motifs is 15. The molecule has 1 unspecified atom stereocenters.